The van der Waals surface area contributed by atoms with Gasteiger partial charge in [-0.2, -0.15) is 0 Å². The number of rotatable bonds is 5. The molecule has 21 heavy (non-hydrogen) atoms. The Balaban J connectivity index is 0.00000200. The van der Waals surface area contributed by atoms with Crippen LogP contribution in [0.1, 0.15) is 0 Å². The number of hydrogen-bond acceptors (Lipinski definition) is 4. The number of piperazine rings is 1. The lowest BCUT2D eigenvalue weighted by atomic mass is 10.3. The van der Waals surface area contributed by atoms with E-state index < -0.39 is 10.0 Å². The van der Waals surface area contributed by atoms with Crippen molar-refractivity contribution in [1.82, 2.24) is 14.9 Å². The third-order valence-corrected chi connectivity index (χ3v) is 5.17. The third kappa shape index (κ3) is 6.98. The van der Waals surface area contributed by atoms with Crippen LogP contribution in [-0.2, 0) is 10.0 Å². The Kier molecular flexibility index (Phi) is 10.4. The lowest BCUT2D eigenvalue weighted by molar-refractivity contribution is 0.245. The van der Waals surface area contributed by atoms with Gasteiger partial charge in [-0.1, -0.05) is 6.07 Å². The lowest BCUT2D eigenvalue weighted by Crippen LogP contribution is -2.46. The van der Waals surface area contributed by atoms with Gasteiger partial charge in [-0.05, 0) is 40.8 Å². The minimum Gasteiger partial charge on any atom is -0.314 e. The van der Waals surface area contributed by atoms with E-state index in [0.717, 1.165) is 36.3 Å². The standard InChI is InChI=1S/C12H18IN3O2S.2ClH/c13-11-2-1-3-12(10-11)19(17,18)15-6-9-16-7-4-14-5-8-16;;/h1-3,10,14-15H,4-9H2;2*1H. The van der Waals surface area contributed by atoms with E-state index in [4.69, 9.17) is 0 Å². The Morgan fingerprint density at radius 2 is 1.90 bits per heavy atom. The average molecular weight is 468 g/mol. The first-order valence-electron chi connectivity index (χ1n) is 6.26. The van der Waals surface area contributed by atoms with Crippen LogP contribution in [0.5, 0.6) is 0 Å². The summed E-state index contributed by atoms with van der Waals surface area (Å²) in [5.74, 6) is 0. The normalized spacial score (nSPS) is 15.9. The quantitative estimate of drug-likeness (QED) is 0.641. The van der Waals surface area contributed by atoms with Crippen molar-refractivity contribution in [2.45, 2.75) is 4.90 Å². The highest BCUT2D eigenvalue weighted by Gasteiger charge is 2.15. The molecule has 1 fully saturated rings. The number of sulfonamides is 1. The van der Waals surface area contributed by atoms with E-state index in [1.165, 1.54) is 0 Å². The summed E-state index contributed by atoms with van der Waals surface area (Å²) in [5, 5.41) is 3.27. The third-order valence-electron chi connectivity index (χ3n) is 3.04. The summed E-state index contributed by atoms with van der Waals surface area (Å²) in [5.41, 5.74) is 0. The maximum atomic E-state index is 12.1. The predicted molar refractivity (Wildman–Crippen MR) is 98.2 cm³/mol. The Hall–Kier alpha value is 0.360. The fourth-order valence-corrected chi connectivity index (χ4v) is 3.81. The molecule has 1 heterocycles. The van der Waals surface area contributed by atoms with E-state index in [1.54, 1.807) is 18.2 Å². The predicted octanol–water partition coefficient (Wildman–Crippen LogP) is 1.32. The van der Waals surface area contributed by atoms with Crippen LogP contribution in [0.15, 0.2) is 29.2 Å². The van der Waals surface area contributed by atoms with Crippen molar-refractivity contribution in [3.05, 3.63) is 27.8 Å². The number of benzene rings is 1. The molecule has 0 aliphatic carbocycles. The van der Waals surface area contributed by atoms with Gasteiger partial charge in [0.2, 0.25) is 10.0 Å². The van der Waals surface area contributed by atoms with Gasteiger partial charge in [-0.15, -0.1) is 24.8 Å². The van der Waals surface area contributed by atoms with Gasteiger partial charge in [0, 0.05) is 42.8 Å². The molecular formula is C12H20Cl2IN3O2S. The van der Waals surface area contributed by atoms with Crippen LogP contribution in [0.4, 0.5) is 0 Å². The van der Waals surface area contributed by atoms with Crippen molar-refractivity contribution in [1.29, 1.82) is 0 Å². The molecule has 1 aromatic carbocycles. The highest BCUT2D eigenvalue weighted by atomic mass is 127. The molecule has 2 N–H and O–H groups in total. The van der Waals surface area contributed by atoms with Crippen LogP contribution in [0.3, 0.4) is 0 Å². The van der Waals surface area contributed by atoms with Crippen molar-refractivity contribution in [2.75, 3.05) is 39.3 Å². The van der Waals surface area contributed by atoms with E-state index in [2.05, 4.69) is 37.5 Å². The molecule has 0 bridgehead atoms. The lowest BCUT2D eigenvalue weighted by Gasteiger charge is -2.27. The van der Waals surface area contributed by atoms with Crippen LogP contribution in [-0.4, -0.2) is 52.6 Å². The van der Waals surface area contributed by atoms with Crippen molar-refractivity contribution in [3.8, 4) is 0 Å². The smallest absolute Gasteiger partial charge is 0.240 e. The van der Waals surface area contributed by atoms with Gasteiger partial charge in [0.15, 0.2) is 0 Å². The first-order chi connectivity index (χ1) is 9.08. The fraction of sp³-hybridized carbons (Fsp3) is 0.500. The minimum absolute atomic E-state index is 0. The molecule has 122 valence electrons. The van der Waals surface area contributed by atoms with E-state index >= 15 is 0 Å². The minimum atomic E-state index is -3.38. The van der Waals surface area contributed by atoms with Crippen LogP contribution < -0.4 is 10.0 Å². The molecule has 0 unspecified atom stereocenters. The molecule has 0 radical (unpaired) electrons. The molecular weight excluding hydrogens is 448 g/mol. The summed E-state index contributed by atoms with van der Waals surface area (Å²) in [6.45, 7) is 5.11. The SMILES string of the molecule is Cl.Cl.O=S(=O)(NCCN1CCNCC1)c1cccc(I)c1. The Labute approximate surface area is 152 Å². The van der Waals surface area contributed by atoms with Gasteiger partial charge in [0.05, 0.1) is 4.90 Å². The van der Waals surface area contributed by atoms with Crippen LogP contribution in [0.2, 0.25) is 0 Å². The summed E-state index contributed by atoms with van der Waals surface area (Å²) >= 11 is 2.11. The molecule has 0 aromatic heterocycles. The van der Waals surface area contributed by atoms with E-state index in [1.807, 2.05) is 6.07 Å². The number of nitrogens with one attached hydrogen (secondary N) is 2. The average Bonchev–Trinajstić information content (AvgIpc) is 2.40. The van der Waals surface area contributed by atoms with Crippen LogP contribution >= 0.6 is 47.4 Å². The van der Waals surface area contributed by atoms with Gasteiger partial charge >= 0.3 is 0 Å². The van der Waals surface area contributed by atoms with E-state index in [-0.39, 0.29) is 24.8 Å². The van der Waals surface area contributed by atoms with Gasteiger partial charge in [-0.3, -0.25) is 4.90 Å². The molecule has 0 spiro atoms. The van der Waals surface area contributed by atoms with Gasteiger partial charge in [0.25, 0.3) is 0 Å². The maximum Gasteiger partial charge on any atom is 0.240 e. The molecule has 1 aliphatic heterocycles. The zero-order chi connectivity index (χ0) is 13.7. The highest BCUT2D eigenvalue weighted by molar-refractivity contribution is 14.1. The second kappa shape index (κ2) is 10.2. The second-order valence-electron chi connectivity index (χ2n) is 4.45. The number of hydrogen-bond donors (Lipinski definition) is 2. The molecule has 1 aromatic rings. The Morgan fingerprint density at radius 1 is 1.24 bits per heavy atom. The molecule has 0 atom stereocenters. The van der Waals surface area contributed by atoms with E-state index in [9.17, 15) is 8.42 Å². The summed E-state index contributed by atoms with van der Waals surface area (Å²) < 4.78 is 27.7. The van der Waals surface area contributed by atoms with Crippen molar-refractivity contribution in [2.24, 2.45) is 0 Å². The summed E-state index contributed by atoms with van der Waals surface area (Å²) in [6, 6.07) is 6.93. The number of nitrogens with zero attached hydrogens (tertiary/aromatic N) is 1. The van der Waals surface area contributed by atoms with Crippen LogP contribution in [0, 0.1) is 3.57 Å². The highest BCUT2D eigenvalue weighted by Crippen LogP contribution is 2.12. The van der Waals surface area contributed by atoms with Crippen LogP contribution in [0.25, 0.3) is 0 Å². The molecule has 2 rings (SSSR count). The van der Waals surface area contributed by atoms with Gasteiger partial charge in [-0.25, -0.2) is 13.1 Å². The topological polar surface area (TPSA) is 61.4 Å². The van der Waals surface area contributed by atoms with Crippen molar-refractivity contribution < 1.29 is 8.42 Å². The Morgan fingerprint density at radius 3 is 2.52 bits per heavy atom. The largest absolute Gasteiger partial charge is 0.314 e. The zero-order valence-corrected chi connectivity index (χ0v) is 16.0. The Bertz CT molecular complexity index is 525. The molecule has 5 nitrogen and oxygen atoms in total. The number of halogens is 3. The molecule has 1 aliphatic rings. The molecule has 9 heteroatoms. The summed E-state index contributed by atoms with van der Waals surface area (Å²) in [6.07, 6.45) is 0. The fourth-order valence-electron chi connectivity index (χ4n) is 1.99. The first kappa shape index (κ1) is 21.4. The van der Waals surface area contributed by atoms with Gasteiger partial charge in [0.1, 0.15) is 0 Å². The van der Waals surface area contributed by atoms with Gasteiger partial charge < -0.3 is 5.32 Å². The second-order valence-corrected chi connectivity index (χ2v) is 7.46. The molecule has 1 saturated heterocycles. The first-order valence-corrected chi connectivity index (χ1v) is 8.82. The summed E-state index contributed by atoms with van der Waals surface area (Å²) in [7, 11) is -3.38. The summed E-state index contributed by atoms with van der Waals surface area (Å²) in [4.78, 5) is 2.59. The van der Waals surface area contributed by atoms with E-state index in [0.29, 0.717) is 11.4 Å². The van der Waals surface area contributed by atoms with Crippen molar-refractivity contribution >= 4 is 57.4 Å². The zero-order valence-electron chi connectivity index (χ0n) is 11.4. The maximum absolute atomic E-state index is 12.1. The monoisotopic (exact) mass is 467 g/mol. The molecule has 0 saturated carbocycles. The molecule has 0 amide bonds. The van der Waals surface area contributed by atoms with Crippen molar-refractivity contribution in [3.63, 3.8) is 0 Å².